The summed E-state index contributed by atoms with van der Waals surface area (Å²) in [6.45, 7) is 0. The van der Waals surface area contributed by atoms with E-state index in [-0.39, 0.29) is 0 Å². The highest BCUT2D eigenvalue weighted by Gasteiger charge is 2.17. The predicted octanol–water partition coefficient (Wildman–Crippen LogP) is 2.41. The van der Waals surface area contributed by atoms with Crippen LogP contribution in [0.2, 0.25) is 5.15 Å². The molecule has 0 saturated heterocycles. The van der Waals surface area contributed by atoms with E-state index in [2.05, 4.69) is 15.1 Å². The smallest absolute Gasteiger partial charge is 0.181 e. The van der Waals surface area contributed by atoms with Gasteiger partial charge in [0.2, 0.25) is 0 Å². The molecule has 3 rings (SSSR count). The zero-order chi connectivity index (χ0) is 11.8. The fourth-order valence-electron chi connectivity index (χ4n) is 2.20. The Balaban J connectivity index is 2.10. The molecule has 0 amide bonds. The molecule has 0 atom stereocenters. The highest BCUT2D eigenvalue weighted by atomic mass is 35.5. The topological polar surface area (TPSA) is 43.6 Å². The van der Waals surface area contributed by atoms with Gasteiger partial charge in [0.1, 0.15) is 10.8 Å². The van der Waals surface area contributed by atoms with Crippen LogP contribution in [-0.4, -0.2) is 19.7 Å². The van der Waals surface area contributed by atoms with Crippen molar-refractivity contribution in [1.29, 1.82) is 0 Å². The van der Waals surface area contributed by atoms with Gasteiger partial charge in [0.25, 0.3) is 0 Å². The first kappa shape index (κ1) is 10.7. The van der Waals surface area contributed by atoms with Crippen LogP contribution < -0.4 is 0 Å². The van der Waals surface area contributed by atoms with Crippen LogP contribution in [0.15, 0.2) is 12.3 Å². The van der Waals surface area contributed by atoms with Gasteiger partial charge >= 0.3 is 0 Å². The third-order valence-corrected chi connectivity index (χ3v) is 3.39. The SMILES string of the molecule is Cn1ccc(-c2nc(Cl)c3c(n2)CCCC3)n1. The molecule has 0 N–H and O–H groups in total. The zero-order valence-electron chi connectivity index (χ0n) is 9.65. The molecule has 17 heavy (non-hydrogen) atoms. The lowest BCUT2D eigenvalue weighted by Crippen LogP contribution is -2.09. The van der Waals surface area contributed by atoms with Gasteiger partial charge in [0.05, 0.1) is 0 Å². The van der Waals surface area contributed by atoms with E-state index in [1.807, 2.05) is 19.3 Å². The van der Waals surface area contributed by atoms with Crippen molar-refractivity contribution in [3.8, 4) is 11.5 Å². The van der Waals surface area contributed by atoms with Crippen molar-refractivity contribution >= 4 is 11.6 Å². The molecule has 4 nitrogen and oxygen atoms in total. The molecule has 2 heterocycles. The quantitative estimate of drug-likeness (QED) is 0.728. The predicted molar refractivity (Wildman–Crippen MR) is 65.9 cm³/mol. The van der Waals surface area contributed by atoms with Crippen molar-refractivity contribution < 1.29 is 0 Å². The molecule has 0 saturated carbocycles. The standard InChI is InChI=1S/C12H13ClN4/c1-17-7-6-10(16-17)12-14-9-5-3-2-4-8(9)11(13)15-12/h6-7H,2-5H2,1H3. The van der Waals surface area contributed by atoms with Crippen LogP contribution in [0.3, 0.4) is 0 Å². The van der Waals surface area contributed by atoms with E-state index in [4.69, 9.17) is 11.6 Å². The van der Waals surface area contributed by atoms with Crippen LogP contribution in [-0.2, 0) is 19.9 Å². The Morgan fingerprint density at radius 3 is 2.82 bits per heavy atom. The fraction of sp³-hybridized carbons (Fsp3) is 0.417. The molecule has 0 fully saturated rings. The molecule has 0 spiro atoms. The van der Waals surface area contributed by atoms with Crippen LogP contribution in [0.25, 0.3) is 11.5 Å². The lowest BCUT2D eigenvalue weighted by molar-refractivity contribution is 0.663. The Kier molecular flexibility index (Phi) is 2.59. The summed E-state index contributed by atoms with van der Waals surface area (Å²) < 4.78 is 1.74. The second kappa shape index (κ2) is 4.11. The summed E-state index contributed by atoms with van der Waals surface area (Å²) in [6.07, 6.45) is 6.24. The minimum absolute atomic E-state index is 0.593. The zero-order valence-corrected chi connectivity index (χ0v) is 10.4. The highest BCUT2D eigenvalue weighted by molar-refractivity contribution is 6.30. The first-order valence-electron chi connectivity index (χ1n) is 5.79. The molecule has 1 aliphatic carbocycles. The van der Waals surface area contributed by atoms with Gasteiger partial charge in [-0.3, -0.25) is 4.68 Å². The normalized spacial score (nSPS) is 14.7. The van der Waals surface area contributed by atoms with Crippen molar-refractivity contribution in [2.24, 2.45) is 7.05 Å². The number of nitrogens with zero attached hydrogens (tertiary/aromatic N) is 4. The molecule has 0 bridgehead atoms. The van der Waals surface area contributed by atoms with Gasteiger partial charge in [-0.2, -0.15) is 5.10 Å². The number of halogens is 1. The van der Waals surface area contributed by atoms with Gasteiger partial charge in [0.15, 0.2) is 5.82 Å². The van der Waals surface area contributed by atoms with Crippen molar-refractivity contribution in [2.45, 2.75) is 25.7 Å². The van der Waals surface area contributed by atoms with Crippen LogP contribution in [0.4, 0.5) is 0 Å². The molecular formula is C12H13ClN4. The molecule has 0 aliphatic heterocycles. The van der Waals surface area contributed by atoms with Gasteiger partial charge in [-0.1, -0.05) is 11.6 Å². The first-order chi connectivity index (χ1) is 8.24. The third kappa shape index (κ3) is 1.93. The summed E-state index contributed by atoms with van der Waals surface area (Å²) in [5.41, 5.74) is 3.00. The minimum Gasteiger partial charge on any atom is -0.275 e. The number of rotatable bonds is 1. The monoisotopic (exact) mass is 248 g/mol. The summed E-state index contributed by atoms with van der Waals surface area (Å²) in [6, 6.07) is 1.90. The van der Waals surface area contributed by atoms with E-state index in [1.54, 1.807) is 4.68 Å². The molecular weight excluding hydrogens is 236 g/mol. The van der Waals surface area contributed by atoms with E-state index in [0.29, 0.717) is 11.0 Å². The Labute approximate surface area is 105 Å². The summed E-state index contributed by atoms with van der Waals surface area (Å²) >= 11 is 6.22. The van der Waals surface area contributed by atoms with E-state index in [9.17, 15) is 0 Å². The number of fused-ring (bicyclic) bond motifs is 1. The van der Waals surface area contributed by atoms with Crippen LogP contribution >= 0.6 is 11.6 Å². The van der Waals surface area contributed by atoms with Crippen molar-refractivity contribution in [3.63, 3.8) is 0 Å². The summed E-state index contributed by atoms with van der Waals surface area (Å²) in [5.74, 6) is 0.635. The van der Waals surface area contributed by atoms with Crippen LogP contribution in [0, 0.1) is 0 Å². The van der Waals surface area contributed by atoms with E-state index in [1.165, 1.54) is 12.8 Å². The molecule has 0 unspecified atom stereocenters. The Bertz CT molecular complexity index is 562. The van der Waals surface area contributed by atoms with Crippen molar-refractivity contribution in [3.05, 3.63) is 28.7 Å². The summed E-state index contributed by atoms with van der Waals surface area (Å²) in [4.78, 5) is 8.93. The maximum atomic E-state index is 6.22. The van der Waals surface area contributed by atoms with Gasteiger partial charge in [-0.05, 0) is 31.7 Å². The molecule has 5 heteroatoms. The molecule has 88 valence electrons. The molecule has 1 aliphatic rings. The number of aryl methyl sites for hydroxylation is 2. The molecule has 2 aromatic heterocycles. The highest BCUT2D eigenvalue weighted by Crippen LogP contribution is 2.27. The number of hydrogen-bond acceptors (Lipinski definition) is 3. The Morgan fingerprint density at radius 2 is 2.06 bits per heavy atom. The van der Waals surface area contributed by atoms with Crippen molar-refractivity contribution in [1.82, 2.24) is 19.7 Å². The first-order valence-corrected chi connectivity index (χ1v) is 6.17. The summed E-state index contributed by atoms with van der Waals surface area (Å²) in [5, 5.41) is 4.90. The van der Waals surface area contributed by atoms with Gasteiger partial charge in [-0.25, -0.2) is 9.97 Å². The van der Waals surface area contributed by atoms with Crippen LogP contribution in [0.5, 0.6) is 0 Å². The average Bonchev–Trinajstić information content (AvgIpc) is 2.76. The fourth-order valence-corrected chi connectivity index (χ4v) is 2.48. The van der Waals surface area contributed by atoms with E-state index >= 15 is 0 Å². The van der Waals surface area contributed by atoms with Crippen molar-refractivity contribution in [2.75, 3.05) is 0 Å². The van der Waals surface area contributed by atoms with Gasteiger partial charge in [-0.15, -0.1) is 0 Å². The molecule has 0 aromatic carbocycles. The largest absolute Gasteiger partial charge is 0.275 e. The van der Waals surface area contributed by atoms with Gasteiger partial charge in [0, 0.05) is 24.5 Å². The summed E-state index contributed by atoms with van der Waals surface area (Å²) in [7, 11) is 1.88. The second-order valence-corrected chi connectivity index (χ2v) is 4.70. The Hall–Kier alpha value is -1.42. The van der Waals surface area contributed by atoms with Gasteiger partial charge < -0.3 is 0 Å². The van der Waals surface area contributed by atoms with E-state index < -0.39 is 0 Å². The lowest BCUT2D eigenvalue weighted by atomic mass is 9.97. The maximum absolute atomic E-state index is 6.22. The maximum Gasteiger partial charge on any atom is 0.181 e. The minimum atomic E-state index is 0.593. The number of aromatic nitrogens is 4. The molecule has 0 radical (unpaired) electrons. The number of hydrogen-bond donors (Lipinski definition) is 0. The lowest BCUT2D eigenvalue weighted by Gasteiger charge is -2.15. The van der Waals surface area contributed by atoms with Crippen LogP contribution in [0.1, 0.15) is 24.1 Å². The third-order valence-electron chi connectivity index (χ3n) is 3.08. The Morgan fingerprint density at radius 1 is 1.24 bits per heavy atom. The second-order valence-electron chi connectivity index (χ2n) is 4.35. The average molecular weight is 249 g/mol. The molecule has 2 aromatic rings. The van der Waals surface area contributed by atoms with E-state index in [0.717, 1.165) is 29.8 Å².